The van der Waals surface area contributed by atoms with Crippen LogP contribution in [0.5, 0.6) is 0 Å². The van der Waals surface area contributed by atoms with Crippen LogP contribution in [0, 0.1) is 17.6 Å². The van der Waals surface area contributed by atoms with Crippen molar-refractivity contribution in [1.29, 1.82) is 0 Å². The molecule has 1 aliphatic carbocycles. The SMILES string of the molecule is O=C(c1cccs1)N1N=C2/C(=C/c3ccc(F)cc3)CCCC2C1c1ccc(F)cc1. The standard InChI is InChI=1S/C25H20F2N2OS/c26-19-10-6-16(7-11-19)15-18-3-1-4-21-23(18)28-29(25(30)22-5-2-14-31-22)24(21)17-8-12-20(27)13-9-17/h2,5-15,21,24H,1,3-4H2/b18-15+. The zero-order chi connectivity index (χ0) is 21.4. The zero-order valence-corrected chi connectivity index (χ0v) is 17.5. The maximum absolute atomic E-state index is 13.6. The summed E-state index contributed by atoms with van der Waals surface area (Å²) in [5, 5.41) is 8.26. The van der Waals surface area contributed by atoms with E-state index in [0.29, 0.717) is 4.88 Å². The van der Waals surface area contributed by atoms with Crippen LogP contribution < -0.4 is 0 Å². The van der Waals surface area contributed by atoms with Crippen molar-refractivity contribution in [1.82, 2.24) is 5.01 Å². The number of rotatable bonds is 3. The maximum atomic E-state index is 13.6. The molecular weight excluding hydrogens is 414 g/mol. The number of hydrogen-bond donors (Lipinski definition) is 0. The molecule has 1 fully saturated rings. The van der Waals surface area contributed by atoms with Crippen molar-refractivity contribution in [3.63, 3.8) is 0 Å². The fourth-order valence-electron chi connectivity index (χ4n) is 4.43. The highest BCUT2D eigenvalue weighted by Gasteiger charge is 2.44. The highest BCUT2D eigenvalue weighted by atomic mass is 32.1. The molecule has 2 aromatic carbocycles. The molecule has 3 nitrogen and oxygen atoms in total. The van der Waals surface area contributed by atoms with Gasteiger partial charge < -0.3 is 0 Å². The number of fused-ring (bicyclic) bond motifs is 1. The Hall–Kier alpha value is -3.12. The molecule has 3 aromatic rings. The molecule has 6 heteroatoms. The van der Waals surface area contributed by atoms with Gasteiger partial charge in [-0.1, -0.05) is 30.3 Å². The zero-order valence-electron chi connectivity index (χ0n) is 16.7. The van der Waals surface area contributed by atoms with Crippen molar-refractivity contribution >= 4 is 29.0 Å². The van der Waals surface area contributed by atoms with Crippen LogP contribution in [0.25, 0.3) is 6.08 Å². The van der Waals surface area contributed by atoms with Gasteiger partial charge in [0.2, 0.25) is 0 Å². The van der Waals surface area contributed by atoms with Gasteiger partial charge in [0, 0.05) is 5.92 Å². The van der Waals surface area contributed by atoms with Gasteiger partial charge in [-0.25, -0.2) is 13.8 Å². The monoisotopic (exact) mass is 434 g/mol. The molecule has 1 aromatic heterocycles. The number of nitrogens with zero attached hydrogens (tertiary/aromatic N) is 2. The molecule has 1 saturated carbocycles. The predicted molar refractivity (Wildman–Crippen MR) is 119 cm³/mol. The average molecular weight is 435 g/mol. The molecule has 0 spiro atoms. The first kappa shape index (κ1) is 19.8. The summed E-state index contributed by atoms with van der Waals surface area (Å²) in [6, 6.07) is 16.1. The molecule has 1 amide bonds. The number of hydrogen-bond acceptors (Lipinski definition) is 3. The van der Waals surface area contributed by atoms with Crippen LogP contribution in [0.4, 0.5) is 8.78 Å². The number of benzene rings is 2. The number of halogens is 2. The summed E-state index contributed by atoms with van der Waals surface area (Å²) in [4.78, 5) is 13.9. The second kappa shape index (κ2) is 8.19. The van der Waals surface area contributed by atoms with E-state index in [1.165, 1.54) is 35.6 Å². The normalized spacial score (nSPS) is 21.8. The Kier molecular flexibility index (Phi) is 5.24. The summed E-state index contributed by atoms with van der Waals surface area (Å²) in [6.45, 7) is 0. The van der Waals surface area contributed by atoms with Gasteiger partial charge in [0.15, 0.2) is 0 Å². The van der Waals surface area contributed by atoms with E-state index >= 15 is 0 Å². The first-order valence-electron chi connectivity index (χ1n) is 10.3. The van der Waals surface area contributed by atoms with Crippen molar-refractivity contribution in [2.75, 3.05) is 0 Å². The molecule has 1 aliphatic heterocycles. The lowest BCUT2D eigenvalue weighted by Gasteiger charge is -2.29. The van der Waals surface area contributed by atoms with E-state index in [9.17, 15) is 13.6 Å². The van der Waals surface area contributed by atoms with Gasteiger partial charge >= 0.3 is 0 Å². The van der Waals surface area contributed by atoms with E-state index in [1.54, 1.807) is 35.3 Å². The third-order valence-electron chi connectivity index (χ3n) is 5.86. The molecule has 5 rings (SSSR count). The lowest BCUT2D eigenvalue weighted by atomic mass is 9.77. The lowest BCUT2D eigenvalue weighted by molar-refractivity contribution is 0.0686. The lowest BCUT2D eigenvalue weighted by Crippen LogP contribution is -2.31. The van der Waals surface area contributed by atoms with E-state index in [4.69, 9.17) is 5.10 Å². The van der Waals surface area contributed by atoms with Gasteiger partial charge in [0.05, 0.1) is 16.6 Å². The van der Waals surface area contributed by atoms with Crippen molar-refractivity contribution in [3.8, 4) is 0 Å². The first-order chi connectivity index (χ1) is 15.1. The summed E-state index contributed by atoms with van der Waals surface area (Å²) in [5.74, 6) is -0.687. The van der Waals surface area contributed by atoms with E-state index in [0.717, 1.165) is 41.7 Å². The van der Waals surface area contributed by atoms with Crippen LogP contribution in [-0.2, 0) is 0 Å². The van der Waals surface area contributed by atoms with Crippen LogP contribution >= 0.6 is 11.3 Å². The molecule has 2 heterocycles. The number of amides is 1. The topological polar surface area (TPSA) is 32.7 Å². The number of allylic oxidation sites excluding steroid dienone is 1. The van der Waals surface area contributed by atoms with E-state index < -0.39 is 0 Å². The van der Waals surface area contributed by atoms with Crippen molar-refractivity contribution in [2.24, 2.45) is 11.0 Å². The second-order valence-corrected chi connectivity index (χ2v) is 8.78. The van der Waals surface area contributed by atoms with Crippen LogP contribution in [-0.4, -0.2) is 16.6 Å². The third-order valence-corrected chi connectivity index (χ3v) is 6.72. The van der Waals surface area contributed by atoms with Crippen LogP contribution in [0.2, 0.25) is 0 Å². The van der Waals surface area contributed by atoms with E-state index in [2.05, 4.69) is 0 Å². The molecule has 2 atom stereocenters. The molecule has 2 aliphatic rings. The third kappa shape index (κ3) is 3.83. The van der Waals surface area contributed by atoms with Gasteiger partial charge in [-0.2, -0.15) is 5.10 Å². The van der Waals surface area contributed by atoms with Crippen molar-refractivity contribution in [2.45, 2.75) is 25.3 Å². The van der Waals surface area contributed by atoms with Crippen molar-refractivity contribution in [3.05, 3.63) is 99.3 Å². The van der Waals surface area contributed by atoms with E-state index in [-0.39, 0.29) is 29.5 Å². The number of carbonyl (C=O) groups is 1. The summed E-state index contributed by atoms with van der Waals surface area (Å²) in [5.41, 5.74) is 3.74. The smallest absolute Gasteiger partial charge is 0.266 e. The molecule has 0 N–H and O–H groups in total. The second-order valence-electron chi connectivity index (χ2n) is 7.83. The Labute approximate surface area is 183 Å². The summed E-state index contributed by atoms with van der Waals surface area (Å²) < 4.78 is 26.9. The molecule has 156 valence electrons. The largest absolute Gasteiger partial charge is 0.284 e. The van der Waals surface area contributed by atoms with Gasteiger partial charge in [0.25, 0.3) is 5.91 Å². The number of carbonyl (C=O) groups excluding carboxylic acids is 1. The quantitative estimate of drug-likeness (QED) is 0.465. The minimum absolute atomic E-state index is 0.0369. The molecular formula is C25H20F2N2OS. The Morgan fingerprint density at radius 1 is 1.03 bits per heavy atom. The van der Waals surface area contributed by atoms with Crippen LogP contribution in [0.15, 0.2) is 76.7 Å². The molecule has 0 saturated heterocycles. The minimum atomic E-state index is -0.306. The van der Waals surface area contributed by atoms with Gasteiger partial charge in [-0.05, 0) is 77.8 Å². The number of thiophene rings is 1. The maximum Gasteiger partial charge on any atom is 0.284 e. The first-order valence-corrected chi connectivity index (χ1v) is 11.2. The highest BCUT2D eigenvalue weighted by molar-refractivity contribution is 7.12. The Morgan fingerprint density at radius 3 is 2.42 bits per heavy atom. The fraction of sp³-hybridized carbons (Fsp3) is 0.200. The molecule has 31 heavy (non-hydrogen) atoms. The fourth-order valence-corrected chi connectivity index (χ4v) is 5.09. The highest BCUT2D eigenvalue weighted by Crippen LogP contribution is 2.45. The average Bonchev–Trinajstić information content (AvgIpc) is 3.44. The van der Waals surface area contributed by atoms with Gasteiger partial charge in [-0.3, -0.25) is 4.79 Å². The molecule has 0 bridgehead atoms. The van der Waals surface area contributed by atoms with E-state index in [1.807, 2.05) is 17.5 Å². The summed E-state index contributed by atoms with van der Waals surface area (Å²) in [6.07, 6.45) is 4.75. The number of hydrazone groups is 1. The van der Waals surface area contributed by atoms with Gasteiger partial charge in [0.1, 0.15) is 11.6 Å². The summed E-state index contributed by atoms with van der Waals surface area (Å²) in [7, 11) is 0. The van der Waals surface area contributed by atoms with Crippen molar-refractivity contribution < 1.29 is 13.6 Å². The Bertz CT molecular complexity index is 1150. The summed E-state index contributed by atoms with van der Waals surface area (Å²) >= 11 is 1.38. The van der Waals surface area contributed by atoms with Crippen LogP contribution in [0.1, 0.15) is 46.1 Å². The predicted octanol–water partition coefficient (Wildman–Crippen LogP) is 6.46. The minimum Gasteiger partial charge on any atom is -0.266 e. The molecule has 2 unspecified atom stereocenters. The Balaban J connectivity index is 1.57. The van der Waals surface area contributed by atoms with Gasteiger partial charge in [-0.15, -0.1) is 11.3 Å². The molecule has 0 radical (unpaired) electrons. The Morgan fingerprint density at radius 2 is 1.74 bits per heavy atom. The van der Waals surface area contributed by atoms with Crippen LogP contribution in [0.3, 0.4) is 0 Å².